The standard InChI is InChI=1S/C17H10N4S/c18-10-13(11-19)9-14-12-21(15-5-2-1-3-6-15)20-17(14)16-7-4-8-22-16/h1-9,12H. The number of aromatic nitrogens is 2. The number of benzene rings is 1. The van der Waals surface area contributed by atoms with Gasteiger partial charge in [0.2, 0.25) is 0 Å². The second-order valence-corrected chi connectivity index (χ2v) is 5.42. The Kier molecular flexibility index (Phi) is 3.82. The van der Waals surface area contributed by atoms with Gasteiger partial charge >= 0.3 is 0 Å². The molecule has 104 valence electrons. The summed E-state index contributed by atoms with van der Waals surface area (Å²) in [6.07, 6.45) is 3.40. The minimum Gasteiger partial charge on any atom is -0.240 e. The van der Waals surface area contributed by atoms with E-state index in [0.717, 1.165) is 21.8 Å². The van der Waals surface area contributed by atoms with Crippen LogP contribution in [0.5, 0.6) is 0 Å². The summed E-state index contributed by atoms with van der Waals surface area (Å²) in [5.74, 6) is 0. The molecule has 0 aliphatic heterocycles. The first-order valence-corrected chi connectivity index (χ1v) is 7.40. The maximum atomic E-state index is 8.97. The predicted molar refractivity (Wildman–Crippen MR) is 86.1 cm³/mol. The van der Waals surface area contributed by atoms with Crippen LogP contribution in [0.2, 0.25) is 0 Å². The molecule has 22 heavy (non-hydrogen) atoms. The number of hydrogen-bond acceptors (Lipinski definition) is 4. The molecule has 2 aromatic heterocycles. The molecule has 2 heterocycles. The van der Waals surface area contributed by atoms with Crippen molar-refractivity contribution in [3.63, 3.8) is 0 Å². The lowest BCUT2D eigenvalue weighted by molar-refractivity contribution is 0.885. The van der Waals surface area contributed by atoms with E-state index in [1.807, 2.05) is 66.2 Å². The van der Waals surface area contributed by atoms with E-state index in [9.17, 15) is 0 Å². The molecule has 0 spiro atoms. The van der Waals surface area contributed by atoms with Gasteiger partial charge in [0.05, 0.1) is 10.6 Å². The van der Waals surface area contributed by atoms with Crippen LogP contribution in [-0.4, -0.2) is 9.78 Å². The molecule has 0 saturated carbocycles. The van der Waals surface area contributed by atoms with E-state index in [2.05, 4.69) is 5.10 Å². The maximum Gasteiger partial charge on any atom is 0.130 e. The van der Waals surface area contributed by atoms with Gasteiger partial charge in [-0.05, 0) is 29.7 Å². The van der Waals surface area contributed by atoms with E-state index in [1.165, 1.54) is 0 Å². The average Bonchev–Trinajstić information content (AvgIpc) is 3.22. The largest absolute Gasteiger partial charge is 0.240 e. The molecule has 3 rings (SSSR count). The number of rotatable bonds is 3. The lowest BCUT2D eigenvalue weighted by Crippen LogP contribution is -1.93. The lowest BCUT2D eigenvalue weighted by Gasteiger charge is -1.99. The van der Waals surface area contributed by atoms with Crippen LogP contribution in [0, 0.1) is 22.7 Å². The Balaban J connectivity index is 2.16. The second kappa shape index (κ2) is 6.09. The van der Waals surface area contributed by atoms with Crippen LogP contribution in [0.1, 0.15) is 5.56 Å². The van der Waals surface area contributed by atoms with Crippen LogP contribution in [0.4, 0.5) is 0 Å². The van der Waals surface area contributed by atoms with Crippen LogP contribution in [0.25, 0.3) is 22.3 Å². The number of hydrogen-bond donors (Lipinski definition) is 0. The number of allylic oxidation sites excluding steroid dienone is 1. The van der Waals surface area contributed by atoms with Gasteiger partial charge in [0.15, 0.2) is 0 Å². The molecule has 0 aliphatic rings. The summed E-state index contributed by atoms with van der Waals surface area (Å²) in [4.78, 5) is 0.996. The van der Waals surface area contributed by atoms with E-state index in [4.69, 9.17) is 10.5 Å². The van der Waals surface area contributed by atoms with Crippen LogP contribution < -0.4 is 0 Å². The highest BCUT2D eigenvalue weighted by Crippen LogP contribution is 2.29. The molecule has 0 radical (unpaired) electrons. The molecule has 0 amide bonds. The SMILES string of the molecule is N#CC(C#N)=Cc1cn(-c2ccccc2)nc1-c1cccs1. The van der Waals surface area contributed by atoms with Crippen LogP contribution >= 0.6 is 11.3 Å². The first-order valence-electron chi connectivity index (χ1n) is 6.52. The Morgan fingerprint density at radius 3 is 2.50 bits per heavy atom. The summed E-state index contributed by atoms with van der Waals surface area (Å²) in [5, 5.41) is 24.5. The van der Waals surface area contributed by atoms with E-state index >= 15 is 0 Å². The van der Waals surface area contributed by atoms with Gasteiger partial charge in [-0.2, -0.15) is 15.6 Å². The molecule has 0 atom stereocenters. The molecule has 0 aliphatic carbocycles. The number of thiophene rings is 1. The summed E-state index contributed by atoms with van der Waals surface area (Å²) in [7, 11) is 0. The monoisotopic (exact) mass is 302 g/mol. The second-order valence-electron chi connectivity index (χ2n) is 4.47. The Hall–Kier alpha value is -3.15. The average molecular weight is 302 g/mol. The molecule has 5 heteroatoms. The van der Waals surface area contributed by atoms with Gasteiger partial charge < -0.3 is 0 Å². The predicted octanol–water partition coefficient (Wildman–Crippen LogP) is 4.03. The molecule has 3 aromatic rings. The molecular formula is C17H10N4S. The van der Waals surface area contributed by atoms with Crippen molar-refractivity contribution in [3.05, 3.63) is 65.2 Å². The van der Waals surface area contributed by atoms with Crippen LogP contribution in [-0.2, 0) is 0 Å². The Bertz CT molecular complexity index is 875. The highest BCUT2D eigenvalue weighted by atomic mass is 32.1. The molecule has 0 unspecified atom stereocenters. The molecule has 0 N–H and O–H groups in total. The van der Waals surface area contributed by atoms with Crippen molar-refractivity contribution in [2.75, 3.05) is 0 Å². The zero-order valence-electron chi connectivity index (χ0n) is 11.5. The first-order chi connectivity index (χ1) is 10.8. The number of para-hydroxylation sites is 1. The van der Waals surface area contributed by atoms with Crippen molar-refractivity contribution in [3.8, 4) is 28.4 Å². The molecular weight excluding hydrogens is 292 g/mol. The molecule has 0 bridgehead atoms. The Morgan fingerprint density at radius 2 is 1.86 bits per heavy atom. The van der Waals surface area contributed by atoms with Gasteiger partial charge in [-0.1, -0.05) is 24.3 Å². The third-order valence-electron chi connectivity index (χ3n) is 3.06. The van der Waals surface area contributed by atoms with Gasteiger partial charge in [-0.3, -0.25) is 0 Å². The van der Waals surface area contributed by atoms with Gasteiger partial charge in [0, 0.05) is 11.8 Å². The van der Waals surface area contributed by atoms with Crippen molar-refractivity contribution in [1.29, 1.82) is 10.5 Å². The fraction of sp³-hybridized carbons (Fsp3) is 0. The zero-order valence-corrected chi connectivity index (χ0v) is 12.3. The molecule has 0 saturated heterocycles. The van der Waals surface area contributed by atoms with Crippen molar-refractivity contribution < 1.29 is 0 Å². The third kappa shape index (κ3) is 2.67. The normalized spacial score (nSPS) is 9.73. The minimum absolute atomic E-state index is 0.0606. The van der Waals surface area contributed by atoms with Crippen LogP contribution in [0.15, 0.2) is 59.6 Å². The lowest BCUT2D eigenvalue weighted by atomic mass is 10.1. The molecule has 1 aromatic carbocycles. The molecule has 4 nitrogen and oxygen atoms in total. The highest BCUT2D eigenvalue weighted by Gasteiger charge is 2.12. The Labute approximate surface area is 131 Å². The van der Waals surface area contributed by atoms with Crippen molar-refractivity contribution in [2.45, 2.75) is 0 Å². The fourth-order valence-corrected chi connectivity index (χ4v) is 2.79. The topological polar surface area (TPSA) is 65.4 Å². The molecule has 0 fully saturated rings. The number of nitrogens with zero attached hydrogens (tertiary/aromatic N) is 4. The maximum absolute atomic E-state index is 8.97. The van der Waals surface area contributed by atoms with E-state index < -0.39 is 0 Å². The quantitative estimate of drug-likeness (QED) is 0.686. The van der Waals surface area contributed by atoms with E-state index in [0.29, 0.717) is 0 Å². The third-order valence-corrected chi connectivity index (χ3v) is 3.94. The smallest absolute Gasteiger partial charge is 0.130 e. The summed E-state index contributed by atoms with van der Waals surface area (Å²) < 4.78 is 1.76. The van der Waals surface area contributed by atoms with Gasteiger partial charge in [0.25, 0.3) is 0 Å². The Morgan fingerprint density at radius 1 is 1.09 bits per heavy atom. The minimum atomic E-state index is 0.0606. The highest BCUT2D eigenvalue weighted by molar-refractivity contribution is 7.13. The summed E-state index contributed by atoms with van der Waals surface area (Å²) in [6, 6.07) is 17.4. The van der Waals surface area contributed by atoms with E-state index in [-0.39, 0.29) is 5.57 Å². The zero-order chi connectivity index (χ0) is 15.4. The van der Waals surface area contributed by atoms with Crippen LogP contribution in [0.3, 0.4) is 0 Å². The van der Waals surface area contributed by atoms with Gasteiger partial charge in [-0.15, -0.1) is 11.3 Å². The van der Waals surface area contributed by atoms with Crippen molar-refractivity contribution in [2.24, 2.45) is 0 Å². The summed E-state index contributed by atoms with van der Waals surface area (Å²) in [6.45, 7) is 0. The van der Waals surface area contributed by atoms with Gasteiger partial charge in [-0.25, -0.2) is 4.68 Å². The van der Waals surface area contributed by atoms with Gasteiger partial charge in [0.1, 0.15) is 23.4 Å². The van der Waals surface area contributed by atoms with Crippen molar-refractivity contribution in [1.82, 2.24) is 9.78 Å². The fourth-order valence-electron chi connectivity index (χ4n) is 2.06. The van der Waals surface area contributed by atoms with Crippen molar-refractivity contribution >= 4 is 17.4 Å². The first kappa shape index (κ1) is 13.8. The summed E-state index contributed by atoms with van der Waals surface area (Å²) in [5.41, 5.74) is 2.51. The summed E-state index contributed by atoms with van der Waals surface area (Å²) >= 11 is 1.57. The number of nitriles is 2. The van der Waals surface area contributed by atoms with E-state index in [1.54, 1.807) is 22.1 Å².